The lowest BCUT2D eigenvalue weighted by molar-refractivity contribution is -0.118. The van der Waals surface area contributed by atoms with Crippen LogP contribution in [0.25, 0.3) is 0 Å². The largest absolute Gasteiger partial charge is 0.380 e. The second kappa shape index (κ2) is 5.61. The standard InChI is InChI=1S/C12H23NO2/c1-9-5-6-13(8-12(9)15-4)10(2)7-11(3)14/h9-10,12H,5-8H2,1-4H3. The average molecular weight is 213 g/mol. The first-order valence-corrected chi connectivity index (χ1v) is 5.81. The molecule has 1 saturated heterocycles. The summed E-state index contributed by atoms with van der Waals surface area (Å²) in [6, 6.07) is 0.354. The van der Waals surface area contributed by atoms with Gasteiger partial charge in [-0.1, -0.05) is 6.92 Å². The first-order valence-electron chi connectivity index (χ1n) is 5.81. The number of ketones is 1. The van der Waals surface area contributed by atoms with Crippen LogP contribution in [0.4, 0.5) is 0 Å². The number of carbonyl (C=O) groups excluding carboxylic acids is 1. The van der Waals surface area contributed by atoms with Gasteiger partial charge in [0.1, 0.15) is 5.78 Å². The van der Waals surface area contributed by atoms with Crippen molar-refractivity contribution in [1.82, 2.24) is 4.90 Å². The summed E-state index contributed by atoms with van der Waals surface area (Å²) in [5.41, 5.74) is 0. The van der Waals surface area contributed by atoms with Crippen molar-refractivity contribution >= 4 is 5.78 Å². The Morgan fingerprint density at radius 1 is 1.60 bits per heavy atom. The molecule has 0 spiro atoms. The second-order valence-electron chi connectivity index (χ2n) is 4.79. The molecule has 15 heavy (non-hydrogen) atoms. The summed E-state index contributed by atoms with van der Waals surface area (Å²) in [4.78, 5) is 13.4. The number of rotatable bonds is 4. The highest BCUT2D eigenvalue weighted by Crippen LogP contribution is 2.21. The normalized spacial score (nSPS) is 30.1. The minimum Gasteiger partial charge on any atom is -0.380 e. The van der Waals surface area contributed by atoms with Crippen molar-refractivity contribution in [2.75, 3.05) is 20.2 Å². The average Bonchev–Trinajstić information content (AvgIpc) is 2.17. The Morgan fingerprint density at radius 3 is 2.80 bits per heavy atom. The Morgan fingerprint density at radius 2 is 2.27 bits per heavy atom. The predicted molar refractivity (Wildman–Crippen MR) is 60.9 cm³/mol. The highest BCUT2D eigenvalue weighted by molar-refractivity contribution is 5.76. The Kier molecular flexibility index (Phi) is 4.74. The van der Waals surface area contributed by atoms with Crippen LogP contribution in [0.5, 0.6) is 0 Å². The summed E-state index contributed by atoms with van der Waals surface area (Å²) >= 11 is 0. The van der Waals surface area contributed by atoms with Crippen molar-refractivity contribution in [2.24, 2.45) is 5.92 Å². The number of carbonyl (C=O) groups is 1. The molecule has 0 amide bonds. The lowest BCUT2D eigenvalue weighted by Gasteiger charge is -2.39. The van der Waals surface area contributed by atoms with Gasteiger partial charge in [0.15, 0.2) is 0 Å². The molecule has 88 valence electrons. The molecule has 0 bridgehead atoms. The molecule has 0 aromatic heterocycles. The van der Waals surface area contributed by atoms with E-state index < -0.39 is 0 Å². The van der Waals surface area contributed by atoms with E-state index in [1.807, 2.05) is 0 Å². The first kappa shape index (κ1) is 12.7. The summed E-state index contributed by atoms with van der Waals surface area (Å²) in [6.07, 6.45) is 2.15. The van der Waals surface area contributed by atoms with E-state index in [9.17, 15) is 4.79 Å². The molecule has 3 nitrogen and oxygen atoms in total. The summed E-state index contributed by atoms with van der Waals surface area (Å²) in [5, 5.41) is 0. The van der Waals surface area contributed by atoms with E-state index in [4.69, 9.17) is 4.74 Å². The van der Waals surface area contributed by atoms with E-state index in [-0.39, 0.29) is 5.78 Å². The van der Waals surface area contributed by atoms with E-state index in [0.29, 0.717) is 24.5 Å². The second-order valence-corrected chi connectivity index (χ2v) is 4.79. The van der Waals surface area contributed by atoms with Gasteiger partial charge >= 0.3 is 0 Å². The van der Waals surface area contributed by atoms with Crippen LogP contribution in [0.1, 0.15) is 33.6 Å². The number of nitrogens with zero attached hydrogens (tertiary/aromatic N) is 1. The third-order valence-electron chi connectivity index (χ3n) is 3.43. The van der Waals surface area contributed by atoms with Gasteiger partial charge in [0.25, 0.3) is 0 Å². The predicted octanol–water partition coefficient (Wildman–Crippen LogP) is 1.71. The van der Waals surface area contributed by atoms with E-state index >= 15 is 0 Å². The molecular formula is C12H23NO2. The maximum atomic E-state index is 11.1. The van der Waals surface area contributed by atoms with Gasteiger partial charge in [0, 0.05) is 26.1 Å². The van der Waals surface area contributed by atoms with Crippen molar-refractivity contribution in [3.8, 4) is 0 Å². The number of piperidine rings is 1. The molecule has 0 aliphatic carbocycles. The minimum absolute atomic E-state index is 0.273. The van der Waals surface area contributed by atoms with E-state index in [1.54, 1.807) is 14.0 Å². The Hall–Kier alpha value is -0.410. The van der Waals surface area contributed by atoms with Gasteiger partial charge in [-0.15, -0.1) is 0 Å². The first-order chi connectivity index (χ1) is 7.04. The molecule has 3 heteroatoms. The molecule has 1 rings (SSSR count). The molecule has 0 aromatic carbocycles. The minimum atomic E-state index is 0.273. The third-order valence-corrected chi connectivity index (χ3v) is 3.43. The van der Waals surface area contributed by atoms with Gasteiger partial charge in [-0.25, -0.2) is 0 Å². The summed E-state index contributed by atoms with van der Waals surface area (Å²) in [5.74, 6) is 0.908. The van der Waals surface area contributed by atoms with Crippen LogP contribution in [0.2, 0.25) is 0 Å². The van der Waals surface area contributed by atoms with Crippen molar-refractivity contribution in [1.29, 1.82) is 0 Å². The zero-order valence-corrected chi connectivity index (χ0v) is 10.3. The van der Waals surface area contributed by atoms with Crippen LogP contribution in [0, 0.1) is 5.92 Å². The number of methoxy groups -OCH3 is 1. The zero-order valence-electron chi connectivity index (χ0n) is 10.3. The molecule has 3 atom stereocenters. The molecule has 1 aliphatic rings. The summed E-state index contributed by atoms with van der Waals surface area (Å²) < 4.78 is 5.46. The van der Waals surface area contributed by atoms with Crippen molar-refractivity contribution in [3.05, 3.63) is 0 Å². The van der Waals surface area contributed by atoms with Gasteiger partial charge in [-0.05, 0) is 32.7 Å². The van der Waals surface area contributed by atoms with Crippen LogP contribution in [0.3, 0.4) is 0 Å². The Labute approximate surface area is 92.8 Å². The van der Waals surface area contributed by atoms with Crippen LogP contribution < -0.4 is 0 Å². The van der Waals surface area contributed by atoms with Gasteiger partial charge in [-0.2, -0.15) is 0 Å². The van der Waals surface area contributed by atoms with Gasteiger partial charge in [0.05, 0.1) is 6.10 Å². The van der Waals surface area contributed by atoms with Gasteiger partial charge < -0.3 is 4.74 Å². The fourth-order valence-electron chi connectivity index (χ4n) is 2.31. The smallest absolute Gasteiger partial charge is 0.131 e. The molecule has 1 heterocycles. The number of hydrogen-bond donors (Lipinski definition) is 0. The van der Waals surface area contributed by atoms with Crippen molar-refractivity contribution in [2.45, 2.75) is 45.8 Å². The number of likely N-dealkylation sites (tertiary alicyclic amines) is 1. The lowest BCUT2D eigenvalue weighted by atomic mass is 9.94. The fourth-order valence-corrected chi connectivity index (χ4v) is 2.31. The fraction of sp³-hybridized carbons (Fsp3) is 0.917. The number of Topliss-reactive ketones (excluding diaryl/α,β-unsaturated/α-hetero) is 1. The number of hydrogen-bond acceptors (Lipinski definition) is 3. The quantitative estimate of drug-likeness (QED) is 0.712. The topological polar surface area (TPSA) is 29.5 Å². The zero-order chi connectivity index (χ0) is 11.4. The maximum absolute atomic E-state index is 11.1. The highest BCUT2D eigenvalue weighted by Gasteiger charge is 2.28. The van der Waals surface area contributed by atoms with Crippen LogP contribution in [0.15, 0.2) is 0 Å². The third kappa shape index (κ3) is 3.58. The molecule has 0 aromatic rings. The van der Waals surface area contributed by atoms with Gasteiger partial charge in [0.2, 0.25) is 0 Å². The molecule has 1 aliphatic heterocycles. The van der Waals surface area contributed by atoms with Crippen LogP contribution in [-0.2, 0) is 9.53 Å². The maximum Gasteiger partial charge on any atom is 0.131 e. The van der Waals surface area contributed by atoms with Crippen LogP contribution in [-0.4, -0.2) is 43.0 Å². The number of ether oxygens (including phenoxy) is 1. The molecule has 0 saturated carbocycles. The molecular weight excluding hydrogens is 190 g/mol. The Balaban J connectivity index is 2.46. The van der Waals surface area contributed by atoms with Crippen LogP contribution >= 0.6 is 0 Å². The molecule has 1 fully saturated rings. The van der Waals surface area contributed by atoms with E-state index in [2.05, 4.69) is 18.7 Å². The summed E-state index contributed by atoms with van der Waals surface area (Å²) in [6.45, 7) is 8.09. The molecule has 0 N–H and O–H groups in total. The van der Waals surface area contributed by atoms with Crippen molar-refractivity contribution < 1.29 is 9.53 Å². The summed E-state index contributed by atoms with van der Waals surface area (Å²) in [7, 11) is 1.78. The molecule has 0 radical (unpaired) electrons. The van der Waals surface area contributed by atoms with Gasteiger partial charge in [-0.3, -0.25) is 9.69 Å². The van der Waals surface area contributed by atoms with E-state index in [1.165, 1.54) is 6.42 Å². The monoisotopic (exact) mass is 213 g/mol. The SMILES string of the molecule is COC1CN(C(C)CC(C)=O)CCC1C. The van der Waals surface area contributed by atoms with Crippen molar-refractivity contribution in [3.63, 3.8) is 0 Å². The lowest BCUT2D eigenvalue weighted by Crippen LogP contribution is -2.48. The highest BCUT2D eigenvalue weighted by atomic mass is 16.5. The molecule has 3 unspecified atom stereocenters. The van der Waals surface area contributed by atoms with E-state index in [0.717, 1.165) is 13.1 Å². The Bertz CT molecular complexity index is 218.